The average Bonchev–Trinajstić information content (AvgIpc) is 2.21. The van der Waals surface area contributed by atoms with Crippen molar-refractivity contribution in [1.82, 2.24) is 10.2 Å². The van der Waals surface area contributed by atoms with Gasteiger partial charge < -0.3 is 11.5 Å². The van der Waals surface area contributed by atoms with Crippen LogP contribution in [0.1, 0.15) is 21.6 Å². The van der Waals surface area contributed by atoms with Crippen molar-refractivity contribution in [2.24, 2.45) is 5.73 Å². The zero-order valence-corrected chi connectivity index (χ0v) is 9.11. The fraction of sp³-hybridized carbons (Fsp3) is 0.182. The molecule has 82 valence electrons. The van der Waals surface area contributed by atoms with Gasteiger partial charge in [-0.1, -0.05) is 0 Å². The van der Waals surface area contributed by atoms with E-state index in [4.69, 9.17) is 11.5 Å². The Morgan fingerprint density at radius 1 is 1.19 bits per heavy atom. The third-order valence-corrected chi connectivity index (χ3v) is 2.65. The van der Waals surface area contributed by atoms with E-state index in [-0.39, 0.29) is 5.69 Å². The summed E-state index contributed by atoms with van der Waals surface area (Å²) in [6.45, 7) is 3.95. The van der Waals surface area contributed by atoms with Crippen molar-refractivity contribution >= 4 is 22.5 Å². The normalized spacial score (nSPS) is 10.6. The van der Waals surface area contributed by atoms with Gasteiger partial charge in [-0.2, -0.15) is 0 Å². The summed E-state index contributed by atoms with van der Waals surface area (Å²) in [5, 5.41) is 8.38. The second kappa shape index (κ2) is 3.44. The lowest BCUT2D eigenvalue weighted by atomic mass is 10.0. The minimum absolute atomic E-state index is 0.0238. The Balaban J connectivity index is 2.84. The van der Waals surface area contributed by atoms with Crippen LogP contribution in [-0.4, -0.2) is 16.1 Å². The van der Waals surface area contributed by atoms with Gasteiger partial charge in [0.15, 0.2) is 5.69 Å². The van der Waals surface area contributed by atoms with E-state index < -0.39 is 5.91 Å². The number of hydrogen-bond donors (Lipinski definition) is 2. The molecule has 4 N–H and O–H groups in total. The zero-order valence-electron chi connectivity index (χ0n) is 9.11. The standard InChI is InChI=1S/C11H12N4O/c1-5-3-7-8(4-6(5)2)14-15-10(9(7)12)11(13)16/h3-4H,1-2H3,(H2,12,14)(H2,13,16). The van der Waals surface area contributed by atoms with Crippen molar-refractivity contribution in [1.29, 1.82) is 0 Å². The fourth-order valence-corrected chi connectivity index (χ4v) is 1.57. The molecule has 0 radical (unpaired) electrons. The molecule has 16 heavy (non-hydrogen) atoms. The monoisotopic (exact) mass is 216 g/mol. The molecule has 0 bridgehead atoms. The number of benzene rings is 1. The van der Waals surface area contributed by atoms with Gasteiger partial charge >= 0.3 is 0 Å². The molecule has 0 saturated heterocycles. The molecule has 2 rings (SSSR count). The van der Waals surface area contributed by atoms with Crippen LogP contribution in [0, 0.1) is 13.8 Å². The lowest BCUT2D eigenvalue weighted by Gasteiger charge is -2.07. The first-order valence-corrected chi connectivity index (χ1v) is 4.83. The summed E-state index contributed by atoms with van der Waals surface area (Å²) in [4.78, 5) is 11.1. The third kappa shape index (κ3) is 1.46. The Morgan fingerprint density at radius 2 is 1.81 bits per heavy atom. The van der Waals surface area contributed by atoms with E-state index >= 15 is 0 Å². The van der Waals surface area contributed by atoms with Crippen LogP contribution in [0.15, 0.2) is 12.1 Å². The number of primary amides is 1. The quantitative estimate of drug-likeness (QED) is 0.741. The Labute approximate surface area is 92.5 Å². The Kier molecular flexibility index (Phi) is 2.23. The predicted molar refractivity (Wildman–Crippen MR) is 61.9 cm³/mol. The molecular weight excluding hydrogens is 204 g/mol. The highest BCUT2D eigenvalue weighted by Gasteiger charge is 2.12. The number of anilines is 1. The van der Waals surface area contributed by atoms with Crippen molar-refractivity contribution in [3.63, 3.8) is 0 Å². The molecule has 0 fully saturated rings. The van der Waals surface area contributed by atoms with Crippen molar-refractivity contribution in [2.75, 3.05) is 5.73 Å². The molecule has 1 aromatic heterocycles. The maximum absolute atomic E-state index is 11.1. The molecule has 0 aliphatic heterocycles. The minimum Gasteiger partial charge on any atom is -0.396 e. The summed E-state index contributed by atoms with van der Waals surface area (Å²) in [7, 11) is 0. The number of carbonyl (C=O) groups is 1. The van der Waals surface area contributed by atoms with Gasteiger partial charge in [-0.15, -0.1) is 10.2 Å². The molecule has 0 unspecified atom stereocenters. The van der Waals surface area contributed by atoms with Gasteiger partial charge in [-0.25, -0.2) is 0 Å². The van der Waals surface area contributed by atoms with Crippen molar-refractivity contribution in [3.05, 3.63) is 29.0 Å². The van der Waals surface area contributed by atoms with Gasteiger partial charge in [0.1, 0.15) is 0 Å². The van der Waals surface area contributed by atoms with E-state index in [1.54, 1.807) is 0 Å². The second-order valence-electron chi connectivity index (χ2n) is 3.78. The van der Waals surface area contributed by atoms with Gasteiger partial charge in [0.05, 0.1) is 11.2 Å². The van der Waals surface area contributed by atoms with Gasteiger partial charge in [0, 0.05) is 5.39 Å². The van der Waals surface area contributed by atoms with Gasteiger partial charge in [0.2, 0.25) is 0 Å². The van der Waals surface area contributed by atoms with Crippen LogP contribution in [0.2, 0.25) is 0 Å². The molecular formula is C11H12N4O. The van der Waals surface area contributed by atoms with Crippen LogP contribution in [0.25, 0.3) is 10.9 Å². The van der Waals surface area contributed by atoms with Crippen molar-refractivity contribution < 1.29 is 4.79 Å². The van der Waals surface area contributed by atoms with Crippen molar-refractivity contribution in [2.45, 2.75) is 13.8 Å². The number of aryl methyl sites for hydroxylation is 2. The van der Waals surface area contributed by atoms with Crippen LogP contribution in [0.5, 0.6) is 0 Å². The Hall–Kier alpha value is -2.17. The maximum atomic E-state index is 11.1. The number of nitrogens with two attached hydrogens (primary N) is 2. The van der Waals surface area contributed by atoms with Crippen LogP contribution in [0.4, 0.5) is 5.69 Å². The Morgan fingerprint density at radius 3 is 2.44 bits per heavy atom. The SMILES string of the molecule is Cc1cc2nnc(C(N)=O)c(N)c2cc1C. The largest absolute Gasteiger partial charge is 0.396 e. The lowest BCUT2D eigenvalue weighted by Crippen LogP contribution is -2.16. The molecule has 5 heteroatoms. The van der Waals surface area contributed by atoms with Gasteiger partial charge in [0.25, 0.3) is 5.91 Å². The minimum atomic E-state index is -0.662. The Bertz CT molecular complexity index is 592. The predicted octanol–water partition coefficient (Wildman–Crippen LogP) is 0.928. The van der Waals surface area contributed by atoms with E-state index in [9.17, 15) is 4.79 Å². The first-order valence-electron chi connectivity index (χ1n) is 4.83. The molecule has 0 spiro atoms. The summed E-state index contributed by atoms with van der Waals surface area (Å²) in [6.07, 6.45) is 0. The summed E-state index contributed by atoms with van der Waals surface area (Å²) in [5.41, 5.74) is 14.2. The van der Waals surface area contributed by atoms with Crippen LogP contribution in [0.3, 0.4) is 0 Å². The molecule has 1 amide bonds. The number of aromatic nitrogens is 2. The van der Waals surface area contributed by atoms with Crippen LogP contribution in [-0.2, 0) is 0 Å². The van der Waals surface area contributed by atoms with E-state index in [1.807, 2.05) is 26.0 Å². The summed E-state index contributed by atoms with van der Waals surface area (Å²) >= 11 is 0. The van der Waals surface area contributed by atoms with Crippen LogP contribution >= 0.6 is 0 Å². The number of hydrogen-bond acceptors (Lipinski definition) is 4. The molecule has 0 aliphatic rings. The second-order valence-corrected chi connectivity index (χ2v) is 3.78. The molecule has 5 nitrogen and oxygen atoms in total. The van der Waals surface area contributed by atoms with Crippen molar-refractivity contribution in [3.8, 4) is 0 Å². The molecule has 0 saturated carbocycles. The first-order chi connectivity index (χ1) is 7.50. The average molecular weight is 216 g/mol. The highest BCUT2D eigenvalue weighted by atomic mass is 16.1. The van der Waals surface area contributed by atoms with Crippen LogP contribution < -0.4 is 11.5 Å². The number of nitrogens with zero attached hydrogens (tertiary/aromatic N) is 2. The molecule has 1 aromatic carbocycles. The molecule has 1 heterocycles. The number of carbonyl (C=O) groups excluding carboxylic acids is 1. The summed E-state index contributed by atoms with van der Waals surface area (Å²) in [6, 6.07) is 3.78. The number of rotatable bonds is 1. The third-order valence-electron chi connectivity index (χ3n) is 2.65. The van der Waals surface area contributed by atoms with Gasteiger partial charge in [-0.3, -0.25) is 4.79 Å². The topological polar surface area (TPSA) is 94.9 Å². The van der Waals surface area contributed by atoms with E-state index in [2.05, 4.69) is 10.2 Å². The van der Waals surface area contributed by atoms with E-state index in [0.29, 0.717) is 16.6 Å². The number of fused-ring (bicyclic) bond motifs is 1. The molecule has 0 atom stereocenters. The molecule has 0 aliphatic carbocycles. The summed E-state index contributed by atoms with van der Waals surface area (Å²) < 4.78 is 0. The van der Waals surface area contributed by atoms with E-state index in [1.165, 1.54) is 0 Å². The number of amides is 1. The van der Waals surface area contributed by atoms with Gasteiger partial charge in [-0.05, 0) is 37.1 Å². The highest BCUT2D eigenvalue weighted by Crippen LogP contribution is 2.24. The lowest BCUT2D eigenvalue weighted by molar-refractivity contribution is 0.0996. The smallest absolute Gasteiger partial charge is 0.271 e. The highest BCUT2D eigenvalue weighted by molar-refractivity contribution is 6.03. The molecule has 2 aromatic rings. The zero-order chi connectivity index (χ0) is 11.9. The van der Waals surface area contributed by atoms with E-state index in [0.717, 1.165) is 11.1 Å². The number of nitrogen functional groups attached to an aromatic ring is 1. The fourth-order valence-electron chi connectivity index (χ4n) is 1.57. The maximum Gasteiger partial charge on any atom is 0.271 e. The summed E-state index contributed by atoms with van der Waals surface area (Å²) in [5.74, 6) is -0.662. The first kappa shape index (κ1) is 10.4.